The van der Waals surface area contributed by atoms with E-state index in [1.165, 1.54) is 12.1 Å². The van der Waals surface area contributed by atoms with Crippen molar-refractivity contribution in [3.8, 4) is 11.8 Å². The molecule has 0 radical (unpaired) electrons. The van der Waals surface area contributed by atoms with Crippen molar-refractivity contribution in [3.05, 3.63) is 29.6 Å². The summed E-state index contributed by atoms with van der Waals surface area (Å²) in [5.41, 5.74) is 5.94. The predicted octanol–water partition coefficient (Wildman–Crippen LogP) is 1.71. The number of halogens is 1. The molecule has 0 saturated carbocycles. The largest absolute Gasteiger partial charge is 0.465 e. The topological polar surface area (TPSA) is 52.3 Å². The Labute approximate surface area is 93.4 Å². The number of carbonyl (C=O) groups excluding carboxylic acids is 1. The summed E-state index contributed by atoms with van der Waals surface area (Å²) < 4.78 is 17.9. The molecule has 1 aromatic rings. The number of anilines is 1. The molecular formula is C12H12FNO2. The molecule has 3 nitrogen and oxygen atoms in total. The first-order valence-electron chi connectivity index (χ1n) is 4.83. The molecule has 0 bridgehead atoms. The quantitative estimate of drug-likeness (QED) is 0.470. The number of rotatable bonds is 2. The van der Waals surface area contributed by atoms with Crippen LogP contribution in [0.3, 0.4) is 0 Å². The first kappa shape index (κ1) is 12.1. The molecule has 1 aromatic carbocycles. The van der Waals surface area contributed by atoms with Crippen LogP contribution in [0.25, 0.3) is 0 Å². The zero-order valence-electron chi connectivity index (χ0n) is 8.92. The van der Waals surface area contributed by atoms with Crippen molar-refractivity contribution in [1.29, 1.82) is 0 Å². The van der Waals surface area contributed by atoms with Crippen LogP contribution >= 0.6 is 0 Å². The van der Waals surface area contributed by atoms with E-state index in [4.69, 9.17) is 5.73 Å². The molecule has 84 valence electrons. The lowest BCUT2D eigenvalue weighted by Crippen LogP contribution is -2.01. The first-order chi connectivity index (χ1) is 7.63. The van der Waals surface area contributed by atoms with Gasteiger partial charge in [-0.15, -0.1) is 0 Å². The van der Waals surface area contributed by atoms with Gasteiger partial charge in [0.15, 0.2) is 0 Å². The van der Waals surface area contributed by atoms with E-state index in [9.17, 15) is 9.18 Å². The molecule has 0 atom stereocenters. The summed E-state index contributed by atoms with van der Waals surface area (Å²) >= 11 is 0. The minimum Gasteiger partial charge on any atom is -0.465 e. The monoisotopic (exact) mass is 221 g/mol. The van der Waals surface area contributed by atoms with Crippen LogP contribution < -0.4 is 5.73 Å². The van der Waals surface area contributed by atoms with E-state index >= 15 is 0 Å². The average molecular weight is 221 g/mol. The molecule has 0 aromatic heterocycles. The van der Waals surface area contributed by atoms with Gasteiger partial charge in [-0.05, 0) is 25.1 Å². The number of hydrogen-bond acceptors (Lipinski definition) is 3. The van der Waals surface area contributed by atoms with Crippen molar-refractivity contribution in [2.24, 2.45) is 0 Å². The summed E-state index contributed by atoms with van der Waals surface area (Å²) in [6, 6.07) is 4.22. The van der Waals surface area contributed by atoms with E-state index in [1.54, 1.807) is 13.0 Å². The second-order valence-electron chi connectivity index (χ2n) is 3.02. The Morgan fingerprint density at radius 1 is 1.56 bits per heavy atom. The third kappa shape index (κ3) is 3.62. The molecule has 0 aliphatic carbocycles. The number of hydrogen-bond donors (Lipinski definition) is 1. The fourth-order valence-corrected chi connectivity index (χ4v) is 1.06. The smallest absolute Gasteiger partial charge is 0.317 e. The maximum Gasteiger partial charge on any atom is 0.317 e. The Hall–Kier alpha value is -2.02. The molecule has 0 spiro atoms. The van der Waals surface area contributed by atoms with Crippen molar-refractivity contribution in [3.63, 3.8) is 0 Å². The molecule has 0 aliphatic rings. The summed E-state index contributed by atoms with van der Waals surface area (Å²) in [7, 11) is 0. The van der Waals surface area contributed by atoms with E-state index in [1.807, 2.05) is 0 Å². The predicted molar refractivity (Wildman–Crippen MR) is 58.9 cm³/mol. The van der Waals surface area contributed by atoms with Gasteiger partial charge in [-0.25, -0.2) is 4.39 Å². The minimum atomic E-state index is -0.489. The van der Waals surface area contributed by atoms with E-state index < -0.39 is 11.8 Å². The van der Waals surface area contributed by atoms with Crippen LogP contribution in [0.5, 0.6) is 0 Å². The molecule has 0 amide bonds. The standard InChI is InChI=1S/C12H12FNO2/c1-2-16-12(15)5-3-4-9-6-7-10(14)8-11(9)13/h6-8H,2,5,14H2,1H3. The molecular weight excluding hydrogens is 209 g/mol. The number of nitrogen functional groups attached to an aromatic ring is 1. The van der Waals surface area contributed by atoms with Crippen molar-refractivity contribution in [1.82, 2.24) is 0 Å². The molecule has 1 rings (SSSR count). The van der Waals surface area contributed by atoms with Crippen LogP contribution in [0.2, 0.25) is 0 Å². The van der Waals surface area contributed by atoms with Crippen molar-refractivity contribution >= 4 is 11.7 Å². The molecule has 2 N–H and O–H groups in total. The lowest BCUT2D eigenvalue weighted by atomic mass is 10.2. The van der Waals surface area contributed by atoms with E-state index in [2.05, 4.69) is 16.6 Å². The number of ether oxygens (including phenoxy) is 1. The van der Waals surface area contributed by atoms with Gasteiger partial charge in [0.25, 0.3) is 0 Å². The molecule has 0 saturated heterocycles. The summed E-state index contributed by atoms with van der Waals surface area (Å²) in [6.07, 6.45) is -0.0440. The Balaban J connectivity index is 2.66. The highest BCUT2D eigenvalue weighted by molar-refractivity contribution is 5.72. The third-order valence-electron chi connectivity index (χ3n) is 1.75. The van der Waals surface area contributed by atoms with Gasteiger partial charge in [0, 0.05) is 5.69 Å². The second kappa shape index (κ2) is 5.76. The van der Waals surface area contributed by atoms with Crippen LogP contribution in [-0.2, 0) is 9.53 Å². The lowest BCUT2D eigenvalue weighted by molar-refractivity contribution is -0.141. The summed E-state index contributed by atoms with van der Waals surface area (Å²) in [5, 5.41) is 0. The van der Waals surface area contributed by atoms with Crippen LogP contribution in [0.15, 0.2) is 18.2 Å². The fraction of sp³-hybridized carbons (Fsp3) is 0.250. The maximum atomic E-state index is 13.2. The molecule has 0 unspecified atom stereocenters. The van der Waals surface area contributed by atoms with Crippen LogP contribution in [-0.4, -0.2) is 12.6 Å². The van der Waals surface area contributed by atoms with E-state index in [0.717, 1.165) is 0 Å². The van der Waals surface area contributed by atoms with Gasteiger partial charge in [-0.1, -0.05) is 11.8 Å². The fourth-order valence-electron chi connectivity index (χ4n) is 1.06. The summed E-state index contributed by atoms with van der Waals surface area (Å²) in [4.78, 5) is 10.9. The Kier molecular flexibility index (Phi) is 4.34. The van der Waals surface area contributed by atoms with Crippen molar-refractivity contribution in [2.75, 3.05) is 12.3 Å². The van der Waals surface area contributed by atoms with Crippen LogP contribution in [0.1, 0.15) is 18.9 Å². The Bertz CT molecular complexity index is 446. The van der Waals surface area contributed by atoms with Gasteiger partial charge in [-0.3, -0.25) is 4.79 Å². The summed E-state index contributed by atoms with van der Waals surface area (Å²) in [5.74, 6) is 4.19. The highest BCUT2D eigenvalue weighted by Gasteiger charge is 1.99. The van der Waals surface area contributed by atoms with Gasteiger partial charge in [0.05, 0.1) is 12.2 Å². The van der Waals surface area contributed by atoms with Gasteiger partial charge in [0.1, 0.15) is 12.2 Å². The highest BCUT2D eigenvalue weighted by Crippen LogP contribution is 2.10. The molecule has 16 heavy (non-hydrogen) atoms. The second-order valence-corrected chi connectivity index (χ2v) is 3.02. The number of nitrogens with two attached hydrogens (primary N) is 1. The highest BCUT2D eigenvalue weighted by atomic mass is 19.1. The van der Waals surface area contributed by atoms with Gasteiger partial charge in [-0.2, -0.15) is 0 Å². The minimum absolute atomic E-state index is 0.0440. The lowest BCUT2D eigenvalue weighted by Gasteiger charge is -1.96. The molecule has 0 fully saturated rings. The first-order valence-corrected chi connectivity index (χ1v) is 4.83. The zero-order valence-corrected chi connectivity index (χ0v) is 8.92. The summed E-state index contributed by atoms with van der Waals surface area (Å²) in [6.45, 7) is 2.03. The van der Waals surface area contributed by atoms with Gasteiger partial charge in [0.2, 0.25) is 0 Å². The number of benzene rings is 1. The maximum absolute atomic E-state index is 13.2. The van der Waals surface area contributed by atoms with Crippen LogP contribution in [0.4, 0.5) is 10.1 Å². The van der Waals surface area contributed by atoms with E-state index in [0.29, 0.717) is 12.3 Å². The third-order valence-corrected chi connectivity index (χ3v) is 1.75. The normalized spacial score (nSPS) is 9.12. The Morgan fingerprint density at radius 2 is 2.31 bits per heavy atom. The van der Waals surface area contributed by atoms with E-state index in [-0.39, 0.29) is 12.0 Å². The van der Waals surface area contributed by atoms with Gasteiger partial charge >= 0.3 is 5.97 Å². The molecule has 0 heterocycles. The Morgan fingerprint density at radius 3 is 2.94 bits per heavy atom. The number of carbonyl (C=O) groups is 1. The van der Waals surface area contributed by atoms with Gasteiger partial charge < -0.3 is 10.5 Å². The SMILES string of the molecule is CCOC(=O)CC#Cc1ccc(N)cc1F. The van der Waals surface area contributed by atoms with Crippen LogP contribution in [0, 0.1) is 17.7 Å². The van der Waals surface area contributed by atoms with Crippen molar-refractivity contribution in [2.45, 2.75) is 13.3 Å². The molecule has 0 aliphatic heterocycles. The number of esters is 1. The molecule has 4 heteroatoms. The zero-order chi connectivity index (χ0) is 12.0. The average Bonchev–Trinajstić information content (AvgIpc) is 2.22. The van der Waals surface area contributed by atoms with Crippen molar-refractivity contribution < 1.29 is 13.9 Å².